The number of alkyl halides is 1. The van der Waals surface area contributed by atoms with Crippen LogP contribution in [0.3, 0.4) is 0 Å². The Kier molecular flexibility index (Phi) is 5.03. The van der Waals surface area contributed by atoms with Crippen LogP contribution in [0.4, 0.5) is 0 Å². The Hall–Kier alpha value is -1.09. The van der Waals surface area contributed by atoms with Crippen molar-refractivity contribution in [2.75, 3.05) is 14.2 Å². The van der Waals surface area contributed by atoms with E-state index in [4.69, 9.17) is 44.3 Å². The molecule has 5 heteroatoms. The van der Waals surface area contributed by atoms with Crippen LogP contribution in [0, 0.1) is 0 Å². The van der Waals surface area contributed by atoms with Gasteiger partial charge in [0, 0.05) is 10.0 Å². The minimum absolute atomic E-state index is 0.521. The fraction of sp³-hybridized carbons (Fsp3) is 0.200. The second-order valence-corrected chi connectivity index (χ2v) is 5.38. The zero-order valence-corrected chi connectivity index (χ0v) is 13.3. The number of benzene rings is 2. The van der Waals surface area contributed by atoms with E-state index in [0.717, 1.165) is 5.56 Å². The van der Waals surface area contributed by atoms with Crippen molar-refractivity contribution < 1.29 is 9.47 Å². The van der Waals surface area contributed by atoms with Gasteiger partial charge in [-0.3, -0.25) is 0 Å². The number of hydrogen-bond acceptors (Lipinski definition) is 2. The van der Waals surface area contributed by atoms with Gasteiger partial charge in [0.25, 0.3) is 0 Å². The van der Waals surface area contributed by atoms with Crippen molar-refractivity contribution in [2.45, 2.75) is 5.38 Å². The zero-order valence-electron chi connectivity index (χ0n) is 11.0. The molecule has 2 aromatic carbocycles. The molecule has 20 heavy (non-hydrogen) atoms. The van der Waals surface area contributed by atoms with Crippen LogP contribution in [0.15, 0.2) is 36.4 Å². The molecule has 0 bridgehead atoms. The first-order chi connectivity index (χ1) is 9.58. The first kappa shape index (κ1) is 15.3. The summed E-state index contributed by atoms with van der Waals surface area (Å²) in [7, 11) is 3.17. The molecule has 2 rings (SSSR count). The van der Waals surface area contributed by atoms with Crippen LogP contribution in [0.1, 0.15) is 16.5 Å². The molecule has 0 amide bonds. The summed E-state index contributed by atoms with van der Waals surface area (Å²) >= 11 is 18.8. The second-order valence-electron chi connectivity index (χ2n) is 4.10. The summed E-state index contributed by atoms with van der Waals surface area (Å²) in [5.74, 6) is 1.28. The van der Waals surface area contributed by atoms with Gasteiger partial charge in [0.15, 0.2) is 0 Å². The summed E-state index contributed by atoms with van der Waals surface area (Å²) in [5, 5.41) is 0.596. The van der Waals surface area contributed by atoms with E-state index in [-0.39, 0.29) is 0 Å². The summed E-state index contributed by atoms with van der Waals surface area (Å²) in [6, 6.07) is 10.7. The van der Waals surface area contributed by atoms with Crippen LogP contribution in [0.2, 0.25) is 10.0 Å². The molecule has 0 radical (unpaired) electrons. The third-order valence-electron chi connectivity index (χ3n) is 2.95. The third-order valence-corrected chi connectivity index (χ3v) is 3.98. The van der Waals surface area contributed by atoms with Gasteiger partial charge in [0.2, 0.25) is 0 Å². The van der Waals surface area contributed by atoms with Gasteiger partial charge in [-0.2, -0.15) is 0 Å². The average molecular weight is 332 g/mol. The largest absolute Gasteiger partial charge is 0.496 e. The average Bonchev–Trinajstić information content (AvgIpc) is 2.48. The molecule has 0 heterocycles. The normalized spacial score (nSPS) is 12.1. The Balaban J connectivity index is 2.58. The van der Waals surface area contributed by atoms with Crippen LogP contribution >= 0.6 is 34.8 Å². The lowest BCUT2D eigenvalue weighted by atomic mass is 10.0. The molecule has 1 unspecified atom stereocenters. The summed E-state index contributed by atoms with van der Waals surface area (Å²) < 4.78 is 10.7. The Morgan fingerprint density at radius 1 is 0.950 bits per heavy atom. The third kappa shape index (κ3) is 2.98. The molecule has 0 aliphatic carbocycles. The van der Waals surface area contributed by atoms with Gasteiger partial charge >= 0.3 is 0 Å². The van der Waals surface area contributed by atoms with Crippen molar-refractivity contribution in [2.24, 2.45) is 0 Å². The van der Waals surface area contributed by atoms with Crippen LogP contribution < -0.4 is 9.47 Å². The molecule has 0 aliphatic heterocycles. The van der Waals surface area contributed by atoms with E-state index < -0.39 is 5.38 Å². The van der Waals surface area contributed by atoms with Crippen molar-refractivity contribution in [1.82, 2.24) is 0 Å². The van der Waals surface area contributed by atoms with E-state index in [2.05, 4.69) is 0 Å². The fourth-order valence-corrected chi connectivity index (χ4v) is 2.85. The molecular formula is C15H13Cl3O2. The Labute approximate surface area is 133 Å². The first-order valence-electron chi connectivity index (χ1n) is 5.88. The maximum Gasteiger partial charge on any atom is 0.127 e. The van der Waals surface area contributed by atoms with Crippen molar-refractivity contribution in [1.29, 1.82) is 0 Å². The standard InChI is InChI=1S/C15H13Cl3O2/c1-19-12-4-3-5-13(20-2)14(12)15(18)10-8-9(16)6-7-11(10)17/h3-8,15H,1-2H3. The monoisotopic (exact) mass is 330 g/mol. The molecule has 1 atom stereocenters. The molecule has 0 aliphatic rings. The van der Waals surface area contributed by atoms with Crippen molar-refractivity contribution in [3.8, 4) is 11.5 Å². The van der Waals surface area contributed by atoms with Gasteiger partial charge < -0.3 is 9.47 Å². The smallest absolute Gasteiger partial charge is 0.127 e. The highest BCUT2D eigenvalue weighted by molar-refractivity contribution is 6.35. The number of hydrogen-bond donors (Lipinski definition) is 0. The second kappa shape index (κ2) is 6.57. The Morgan fingerprint density at radius 2 is 1.55 bits per heavy atom. The van der Waals surface area contributed by atoms with Crippen LogP contribution in [-0.4, -0.2) is 14.2 Å². The summed E-state index contributed by atoms with van der Waals surface area (Å²) in [6.45, 7) is 0. The molecule has 2 aromatic rings. The minimum Gasteiger partial charge on any atom is -0.496 e. The number of ether oxygens (including phenoxy) is 2. The number of rotatable bonds is 4. The van der Waals surface area contributed by atoms with Crippen molar-refractivity contribution >= 4 is 34.8 Å². The molecular weight excluding hydrogens is 319 g/mol. The fourth-order valence-electron chi connectivity index (χ4n) is 1.99. The molecule has 0 aromatic heterocycles. The maximum absolute atomic E-state index is 6.57. The molecule has 106 valence electrons. The predicted octanol–water partition coefficient (Wildman–Crippen LogP) is 5.34. The lowest BCUT2D eigenvalue weighted by Gasteiger charge is -2.18. The summed E-state index contributed by atoms with van der Waals surface area (Å²) in [5.41, 5.74) is 1.44. The van der Waals surface area contributed by atoms with Gasteiger partial charge in [-0.1, -0.05) is 29.3 Å². The van der Waals surface area contributed by atoms with Crippen molar-refractivity contribution in [3.63, 3.8) is 0 Å². The molecule has 0 N–H and O–H groups in total. The molecule has 0 fully saturated rings. The van der Waals surface area contributed by atoms with E-state index >= 15 is 0 Å². The van der Waals surface area contributed by atoms with Gasteiger partial charge in [0.05, 0.1) is 25.2 Å². The van der Waals surface area contributed by atoms with Crippen LogP contribution in [0.25, 0.3) is 0 Å². The summed E-state index contributed by atoms with van der Waals surface area (Å²) in [6.07, 6.45) is 0. The van der Waals surface area contributed by atoms with Gasteiger partial charge in [-0.05, 0) is 35.9 Å². The minimum atomic E-state index is -0.521. The Bertz CT molecular complexity index is 592. The van der Waals surface area contributed by atoms with Gasteiger partial charge in [-0.15, -0.1) is 11.6 Å². The zero-order chi connectivity index (χ0) is 14.7. The van der Waals surface area contributed by atoms with E-state index in [1.807, 2.05) is 18.2 Å². The van der Waals surface area contributed by atoms with Crippen LogP contribution in [0.5, 0.6) is 11.5 Å². The first-order valence-corrected chi connectivity index (χ1v) is 7.07. The lowest BCUT2D eigenvalue weighted by Crippen LogP contribution is -2.01. The number of halogens is 3. The van der Waals surface area contributed by atoms with E-state index in [1.165, 1.54) is 0 Å². The van der Waals surface area contributed by atoms with Gasteiger partial charge in [-0.25, -0.2) is 0 Å². The summed E-state index contributed by atoms with van der Waals surface area (Å²) in [4.78, 5) is 0. The SMILES string of the molecule is COc1cccc(OC)c1C(Cl)c1cc(Cl)ccc1Cl. The van der Waals surface area contributed by atoms with Gasteiger partial charge in [0.1, 0.15) is 11.5 Å². The Morgan fingerprint density at radius 3 is 2.10 bits per heavy atom. The number of methoxy groups -OCH3 is 2. The van der Waals surface area contributed by atoms with E-state index in [9.17, 15) is 0 Å². The maximum atomic E-state index is 6.57. The molecule has 0 saturated heterocycles. The van der Waals surface area contributed by atoms with Crippen molar-refractivity contribution in [3.05, 3.63) is 57.6 Å². The topological polar surface area (TPSA) is 18.5 Å². The molecule has 0 saturated carbocycles. The quantitative estimate of drug-likeness (QED) is 0.704. The highest BCUT2D eigenvalue weighted by Gasteiger charge is 2.22. The lowest BCUT2D eigenvalue weighted by molar-refractivity contribution is 0.386. The highest BCUT2D eigenvalue weighted by Crippen LogP contribution is 2.43. The van der Waals surface area contributed by atoms with Crippen LogP contribution in [-0.2, 0) is 0 Å². The predicted molar refractivity (Wildman–Crippen MR) is 83.7 cm³/mol. The molecule has 0 spiro atoms. The van der Waals surface area contributed by atoms with E-state index in [0.29, 0.717) is 27.1 Å². The highest BCUT2D eigenvalue weighted by atomic mass is 35.5. The van der Waals surface area contributed by atoms with E-state index in [1.54, 1.807) is 32.4 Å². The molecule has 2 nitrogen and oxygen atoms in total.